The van der Waals surface area contributed by atoms with Crippen LogP contribution in [-0.4, -0.2) is 24.0 Å². The molecule has 0 aliphatic carbocycles. The fourth-order valence-electron chi connectivity index (χ4n) is 1.63. The lowest BCUT2D eigenvalue weighted by atomic mass is 10.1. The number of carboxylic acid groups (broad SMARTS) is 1. The van der Waals surface area contributed by atoms with Gasteiger partial charge in [0, 0.05) is 17.1 Å². The molecule has 1 aromatic heterocycles. The smallest absolute Gasteiger partial charge is 0.0808 e. The molecule has 108 valence electrons. The highest BCUT2D eigenvalue weighted by Gasteiger charge is 2.08. The largest absolute Gasteiger partial charge is 0.545 e. The molecule has 0 fully saturated rings. The normalized spacial score (nSPS) is 10.0. The van der Waals surface area contributed by atoms with E-state index < -0.39 is 5.97 Å². The number of carbonyl (C=O) groups is 1. The Morgan fingerprint density at radius 3 is 2.45 bits per heavy atom. The van der Waals surface area contributed by atoms with E-state index in [-0.39, 0.29) is 16.1 Å². The third-order valence-corrected chi connectivity index (χ3v) is 3.07. The van der Waals surface area contributed by atoms with Crippen LogP contribution in [0.1, 0.15) is 24.2 Å². The minimum atomic E-state index is -1.35. The minimum absolute atomic E-state index is 0.106. The Kier molecular flexibility index (Phi) is 6.71. The van der Waals surface area contributed by atoms with Crippen LogP contribution in [0.25, 0.3) is 10.9 Å². The number of rotatable bonds is 3. The van der Waals surface area contributed by atoms with Crippen molar-refractivity contribution in [1.29, 1.82) is 0 Å². The van der Waals surface area contributed by atoms with Crippen molar-refractivity contribution in [1.82, 2.24) is 4.98 Å². The molecule has 0 atom stereocenters. The molecule has 2 aromatic rings. The third kappa shape index (κ3) is 4.34. The van der Waals surface area contributed by atoms with Gasteiger partial charge in [-0.05, 0) is 26.0 Å². The van der Waals surface area contributed by atoms with Gasteiger partial charge in [-0.1, -0.05) is 29.3 Å². The topological polar surface area (TPSA) is 69.6 Å². The SMILES string of the molecule is CC[NH2+]CC.O=C([O-])c1c(Cl)ccc2cc(Cl)cnc12. The van der Waals surface area contributed by atoms with Crippen molar-refractivity contribution in [3.8, 4) is 0 Å². The van der Waals surface area contributed by atoms with Gasteiger partial charge in [-0.25, -0.2) is 0 Å². The summed E-state index contributed by atoms with van der Waals surface area (Å²) in [6.07, 6.45) is 1.37. The van der Waals surface area contributed by atoms with Crippen molar-refractivity contribution in [2.75, 3.05) is 13.1 Å². The highest BCUT2D eigenvalue weighted by Crippen LogP contribution is 2.25. The fourth-order valence-corrected chi connectivity index (χ4v) is 2.03. The number of nitrogens with zero attached hydrogens (tertiary/aromatic N) is 1. The van der Waals surface area contributed by atoms with E-state index in [1.165, 1.54) is 25.4 Å². The molecule has 0 amide bonds. The van der Waals surface area contributed by atoms with Gasteiger partial charge < -0.3 is 15.2 Å². The molecule has 0 unspecified atom stereocenters. The van der Waals surface area contributed by atoms with Crippen LogP contribution in [0, 0.1) is 0 Å². The molecule has 0 radical (unpaired) electrons. The summed E-state index contributed by atoms with van der Waals surface area (Å²) in [6, 6.07) is 4.75. The number of fused-ring (bicyclic) bond motifs is 1. The van der Waals surface area contributed by atoms with Crippen LogP contribution in [-0.2, 0) is 0 Å². The molecule has 4 nitrogen and oxygen atoms in total. The summed E-state index contributed by atoms with van der Waals surface area (Å²) < 4.78 is 0. The number of aromatic nitrogens is 1. The number of carboxylic acids is 1. The van der Waals surface area contributed by atoms with Gasteiger partial charge in [0.1, 0.15) is 0 Å². The van der Waals surface area contributed by atoms with E-state index in [0.717, 1.165) is 0 Å². The lowest BCUT2D eigenvalue weighted by molar-refractivity contribution is -0.648. The molecule has 0 spiro atoms. The quantitative estimate of drug-likeness (QED) is 0.933. The Morgan fingerprint density at radius 2 is 1.95 bits per heavy atom. The molecule has 20 heavy (non-hydrogen) atoms. The standard InChI is InChI=1S/C10H5Cl2NO2.C4H11N/c11-6-3-5-1-2-7(12)8(10(14)15)9(5)13-4-6;1-3-5-4-2/h1-4H,(H,14,15);5H,3-4H2,1-2H3. The lowest BCUT2D eigenvalue weighted by Crippen LogP contribution is -2.82. The molecule has 2 rings (SSSR count). The van der Waals surface area contributed by atoms with E-state index in [1.807, 2.05) is 0 Å². The second-order valence-electron chi connectivity index (χ2n) is 4.04. The Balaban J connectivity index is 0.000000347. The van der Waals surface area contributed by atoms with Crippen molar-refractivity contribution >= 4 is 40.1 Å². The highest BCUT2D eigenvalue weighted by atomic mass is 35.5. The van der Waals surface area contributed by atoms with Gasteiger partial charge in [-0.15, -0.1) is 0 Å². The van der Waals surface area contributed by atoms with Gasteiger partial charge >= 0.3 is 0 Å². The lowest BCUT2D eigenvalue weighted by Gasteiger charge is -2.08. The third-order valence-electron chi connectivity index (χ3n) is 2.55. The number of halogens is 2. The fraction of sp³-hybridized carbons (Fsp3) is 0.286. The van der Waals surface area contributed by atoms with Crippen LogP contribution in [0.2, 0.25) is 10.0 Å². The predicted molar refractivity (Wildman–Crippen MR) is 79.1 cm³/mol. The molecule has 0 aliphatic heterocycles. The maximum absolute atomic E-state index is 10.9. The number of benzene rings is 1. The second-order valence-corrected chi connectivity index (χ2v) is 4.88. The van der Waals surface area contributed by atoms with Gasteiger partial charge in [0.2, 0.25) is 0 Å². The summed E-state index contributed by atoms with van der Waals surface area (Å²) in [7, 11) is 0. The molecule has 0 saturated heterocycles. The molecule has 1 aromatic carbocycles. The Morgan fingerprint density at radius 1 is 1.30 bits per heavy atom. The summed E-state index contributed by atoms with van der Waals surface area (Å²) in [4.78, 5) is 14.8. The molecular formula is C14H16Cl2N2O2. The van der Waals surface area contributed by atoms with Crippen molar-refractivity contribution in [2.45, 2.75) is 13.8 Å². The average molecular weight is 315 g/mol. The zero-order valence-corrected chi connectivity index (χ0v) is 12.8. The minimum Gasteiger partial charge on any atom is -0.545 e. The van der Waals surface area contributed by atoms with Gasteiger partial charge in [-0.2, -0.15) is 0 Å². The zero-order valence-electron chi connectivity index (χ0n) is 11.3. The van der Waals surface area contributed by atoms with E-state index >= 15 is 0 Å². The first kappa shape index (κ1) is 16.7. The maximum atomic E-state index is 10.9. The van der Waals surface area contributed by atoms with Crippen LogP contribution in [0.5, 0.6) is 0 Å². The predicted octanol–water partition coefficient (Wildman–Crippen LogP) is 1.49. The molecule has 1 heterocycles. The molecule has 0 bridgehead atoms. The first-order valence-electron chi connectivity index (χ1n) is 6.28. The number of hydrogen-bond donors (Lipinski definition) is 1. The van der Waals surface area contributed by atoms with E-state index in [1.54, 1.807) is 12.1 Å². The van der Waals surface area contributed by atoms with E-state index in [4.69, 9.17) is 23.2 Å². The van der Waals surface area contributed by atoms with E-state index in [0.29, 0.717) is 10.4 Å². The summed E-state index contributed by atoms with van der Waals surface area (Å²) >= 11 is 11.5. The molecular weight excluding hydrogens is 299 g/mol. The molecule has 0 aliphatic rings. The number of aromatic carboxylic acids is 1. The van der Waals surface area contributed by atoms with Crippen LogP contribution in [0.3, 0.4) is 0 Å². The van der Waals surface area contributed by atoms with Crippen molar-refractivity contribution < 1.29 is 15.2 Å². The van der Waals surface area contributed by atoms with Gasteiger partial charge in [0.15, 0.2) is 0 Å². The second kappa shape index (κ2) is 8.04. The summed E-state index contributed by atoms with van der Waals surface area (Å²) in [5, 5.41) is 14.3. The summed E-state index contributed by atoms with van der Waals surface area (Å²) in [5.41, 5.74) is 0.178. The van der Waals surface area contributed by atoms with Crippen molar-refractivity contribution in [3.05, 3.63) is 40.0 Å². The number of carbonyl (C=O) groups excluding carboxylic acids is 1. The zero-order chi connectivity index (χ0) is 15.1. The molecule has 6 heteroatoms. The Hall–Kier alpha value is -1.36. The maximum Gasteiger partial charge on any atom is 0.0808 e. The number of hydrogen-bond acceptors (Lipinski definition) is 3. The summed E-state index contributed by atoms with van der Waals surface area (Å²) in [6.45, 7) is 6.75. The number of nitrogens with two attached hydrogens (primary N) is 1. The Labute approximate surface area is 127 Å². The number of quaternary nitrogens is 1. The first-order valence-corrected chi connectivity index (χ1v) is 7.03. The molecule has 0 saturated carbocycles. The van der Waals surface area contributed by atoms with E-state index in [9.17, 15) is 9.90 Å². The van der Waals surface area contributed by atoms with Gasteiger partial charge in [0.25, 0.3) is 0 Å². The van der Waals surface area contributed by atoms with Crippen molar-refractivity contribution in [2.24, 2.45) is 0 Å². The number of pyridine rings is 1. The Bertz CT molecular complexity index is 601. The molecule has 2 N–H and O–H groups in total. The monoisotopic (exact) mass is 314 g/mol. The summed E-state index contributed by atoms with van der Waals surface area (Å²) in [5.74, 6) is -1.35. The van der Waals surface area contributed by atoms with Gasteiger partial charge in [0.05, 0.1) is 34.6 Å². The van der Waals surface area contributed by atoms with Gasteiger partial charge in [-0.3, -0.25) is 4.98 Å². The van der Waals surface area contributed by atoms with Crippen LogP contribution in [0.15, 0.2) is 24.4 Å². The van der Waals surface area contributed by atoms with Crippen LogP contribution in [0.4, 0.5) is 0 Å². The van der Waals surface area contributed by atoms with Crippen LogP contribution >= 0.6 is 23.2 Å². The van der Waals surface area contributed by atoms with Crippen LogP contribution < -0.4 is 10.4 Å². The highest BCUT2D eigenvalue weighted by molar-refractivity contribution is 6.35. The van der Waals surface area contributed by atoms with E-state index in [2.05, 4.69) is 24.1 Å². The average Bonchev–Trinajstić information content (AvgIpc) is 2.40. The first-order chi connectivity index (χ1) is 9.51. The van der Waals surface area contributed by atoms with Crippen molar-refractivity contribution in [3.63, 3.8) is 0 Å².